The highest BCUT2D eigenvalue weighted by Crippen LogP contribution is 2.31. The number of rotatable bonds is 8. The molecule has 1 aliphatic heterocycles. The van der Waals surface area contributed by atoms with E-state index >= 15 is 0 Å². The molecule has 1 heterocycles. The van der Waals surface area contributed by atoms with E-state index in [2.05, 4.69) is 46.6 Å². The molecular weight excluding hydrogens is 376 g/mol. The number of ketones is 1. The first-order valence-corrected chi connectivity index (χ1v) is 10.8. The highest BCUT2D eigenvalue weighted by molar-refractivity contribution is 5.96. The Hall–Kier alpha value is -2.82. The van der Waals surface area contributed by atoms with Crippen molar-refractivity contribution in [3.63, 3.8) is 0 Å². The molecule has 1 saturated heterocycles. The highest BCUT2D eigenvalue weighted by atomic mass is 16.5. The van der Waals surface area contributed by atoms with Crippen LogP contribution in [-0.2, 0) is 9.59 Å². The predicted molar refractivity (Wildman–Crippen MR) is 120 cm³/mol. The lowest BCUT2D eigenvalue weighted by atomic mass is 9.88. The van der Waals surface area contributed by atoms with Crippen LogP contribution >= 0.6 is 0 Å². The van der Waals surface area contributed by atoms with Crippen LogP contribution in [0, 0.1) is 0 Å². The van der Waals surface area contributed by atoms with Crippen molar-refractivity contribution in [1.82, 2.24) is 5.32 Å². The van der Waals surface area contributed by atoms with Gasteiger partial charge in [0, 0.05) is 18.8 Å². The third-order valence-corrected chi connectivity index (χ3v) is 5.70. The fourth-order valence-electron chi connectivity index (χ4n) is 4.05. The van der Waals surface area contributed by atoms with Gasteiger partial charge < -0.3 is 15.0 Å². The van der Waals surface area contributed by atoms with Crippen molar-refractivity contribution >= 4 is 17.4 Å². The number of nitrogens with zero attached hydrogens (tertiary/aromatic N) is 1. The first-order chi connectivity index (χ1) is 14.5. The lowest BCUT2D eigenvalue weighted by Gasteiger charge is -2.34. The van der Waals surface area contributed by atoms with Gasteiger partial charge in [-0.3, -0.25) is 9.59 Å². The molecule has 0 spiro atoms. The van der Waals surface area contributed by atoms with Gasteiger partial charge in [0.2, 0.25) is 5.91 Å². The standard InChI is InChI=1S/C25H32N2O3/c1-4-30-24-11-9-23(10-12-24)27-15-13-22(14-16-27)21-7-5-20(6-8-21)19(3)26-25(29)17-18(2)28/h5-12,19,22H,4,13-17H2,1-3H3,(H,26,29)/t19-/m0/s1. The number of hydrogen-bond acceptors (Lipinski definition) is 4. The molecule has 160 valence electrons. The van der Waals surface area contributed by atoms with Crippen molar-refractivity contribution in [2.45, 2.75) is 52.0 Å². The second kappa shape index (κ2) is 10.3. The number of amides is 1. The zero-order valence-electron chi connectivity index (χ0n) is 18.2. The van der Waals surface area contributed by atoms with Crippen LogP contribution in [0.1, 0.15) is 63.1 Å². The second-order valence-electron chi connectivity index (χ2n) is 8.02. The molecule has 2 aromatic carbocycles. The topological polar surface area (TPSA) is 58.6 Å². The van der Waals surface area contributed by atoms with Crippen LogP contribution in [0.2, 0.25) is 0 Å². The van der Waals surface area contributed by atoms with E-state index in [4.69, 9.17) is 4.74 Å². The average Bonchev–Trinajstić information content (AvgIpc) is 2.74. The SMILES string of the molecule is CCOc1ccc(N2CCC(c3ccc([C@H](C)NC(=O)CC(C)=O)cc3)CC2)cc1. The summed E-state index contributed by atoms with van der Waals surface area (Å²) in [7, 11) is 0. The number of ether oxygens (including phenoxy) is 1. The van der Waals surface area contributed by atoms with Gasteiger partial charge in [0.05, 0.1) is 19.1 Å². The zero-order chi connectivity index (χ0) is 21.5. The van der Waals surface area contributed by atoms with Crippen molar-refractivity contribution in [2.24, 2.45) is 0 Å². The third-order valence-electron chi connectivity index (χ3n) is 5.70. The van der Waals surface area contributed by atoms with Gasteiger partial charge in [-0.1, -0.05) is 24.3 Å². The second-order valence-corrected chi connectivity index (χ2v) is 8.02. The highest BCUT2D eigenvalue weighted by Gasteiger charge is 2.21. The molecule has 1 aliphatic rings. The van der Waals surface area contributed by atoms with Gasteiger partial charge >= 0.3 is 0 Å². The third kappa shape index (κ3) is 5.85. The lowest BCUT2D eigenvalue weighted by Crippen LogP contribution is -2.32. The Kier molecular flexibility index (Phi) is 7.50. The van der Waals surface area contributed by atoms with E-state index in [1.54, 1.807) is 0 Å². The summed E-state index contributed by atoms with van der Waals surface area (Å²) in [5, 5.41) is 2.89. The Bertz CT molecular complexity index is 838. The van der Waals surface area contributed by atoms with Crippen molar-refractivity contribution in [1.29, 1.82) is 0 Å². The summed E-state index contributed by atoms with van der Waals surface area (Å²) in [5.41, 5.74) is 3.66. The number of anilines is 1. The number of nitrogens with one attached hydrogen (secondary N) is 1. The van der Waals surface area contributed by atoms with Crippen molar-refractivity contribution in [2.75, 3.05) is 24.6 Å². The largest absolute Gasteiger partial charge is 0.494 e. The molecule has 1 N–H and O–H groups in total. The molecule has 5 nitrogen and oxygen atoms in total. The molecule has 30 heavy (non-hydrogen) atoms. The minimum absolute atomic E-state index is 0.0602. The molecule has 3 rings (SSSR count). The Morgan fingerprint density at radius 3 is 2.27 bits per heavy atom. The van der Waals surface area contributed by atoms with Gasteiger partial charge in [-0.15, -0.1) is 0 Å². The molecule has 5 heteroatoms. The van der Waals surface area contributed by atoms with Gasteiger partial charge in [0.25, 0.3) is 0 Å². The van der Waals surface area contributed by atoms with E-state index < -0.39 is 0 Å². The summed E-state index contributed by atoms with van der Waals surface area (Å²) in [6.07, 6.45) is 2.18. The summed E-state index contributed by atoms with van der Waals surface area (Å²) >= 11 is 0. The lowest BCUT2D eigenvalue weighted by molar-refractivity contribution is -0.127. The predicted octanol–water partition coefficient (Wildman–Crippen LogP) is 4.63. The number of carbonyl (C=O) groups is 2. The van der Waals surface area contributed by atoms with Gasteiger partial charge in [-0.05, 0) is 74.9 Å². The molecule has 1 atom stereocenters. The summed E-state index contributed by atoms with van der Waals surface area (Å²) in [5.74, 6) is 1.14. The molecular formula is C25H32N2O3. The fraction of sp³-hybridized carbons (Fsp3) is 0.440. The maximum atomic E-state index is 11.8. The van der Waals surface area contributed by atoms with Crippen LogP contribution < -0.4 is 15.0 Å². The molecule has 1 amide bonds. The van der Waals surface area contributed by atoms with Crippen LogP contribution in [0.15, 0.2) is 48.5 Å². The fourth-order valence-corrected chi connectivity index (χ4v) is 4.05. The average molecular weight is 409 g/mol. The van der Waals surface area contributed by atoms with E-state index in [1.807, 2.05) is 26.0 Å². The molecule has 0 unspecified atom stereocenters. The normalized spacial score (nSPS) is 15.5. The molecule has 0 saturated carbocycles. The number of benzene rings is 2. The van der Waals surface area contributed by atoms with Crippen LogP contribution in [0.25, 0.3) is 0 Å². The molecule has 0 aromatic heterocycles. The molecule has 2 aromatic rings. The van der Waals surface area contributed by atoms with E-state index in [0.29, 0.717) is 12.5 Å². The maximum Gasteiger partial charge on any atom is 0.227 e. The Morgan fingerprint density at radius 1 is 1.07 bits per heavy atom. The van der Waals surface area contributed by atoms with Crippen molar-refractivity contribution in [3.8, 4) is 5.75 Å². The Morgan fingerprint density at radius 2 is 1.70 bits per heavy atom. The van der Waals surface area contributed by atoms with Crippen LogP contribution in [0.4, 0.5) is 5.69 Å². The summed E-state index contributed by atoms with van der Waals surface area (Å²) < 4.78 is 5.53. The van der Waals surface area contributed by atoms with Crippen molar-refractivity contribution in [3.05, 3.63) is 59.7 Å². The van der Waals surface area contributed by atoms with Gasteiger partial charge in [-0.25, -0.2) is 0 Å². The van der Waals surface area contributed by atoms with E-state index in [9.17, 15) is 9.59 Å². The van der Waals surface area contributed by atoms with Crippen molar-refractivity contribution < 1.29 is 14.3 Å². The Labute approximate surface area is 179 Å². The van der Waals surface area contributed by atoms with E-state index in [0.717, 1.165) is 37.2 Å². The van der Waals surface area contributed by atoms with Crippen LogP contribution in [0.3, 0.4) is 0 Å². The number of piperidine rings is 1. The number of carbonyl (C=O) groups excluding carboxylic acids is 2. The minimum Gasteiger partial charge on any atom is -0.494 e. The summed E-state index contributed by atoms with van der Waals surface area (Å²) in [6.45, 7) is 8.14. The Balaban J connectivity index is 1.53. The first-order valence-electron chi connectivity index (χ1n) is 10.8. The van der Waals surface area contributed by atoms with Crippen LogP contribution in [0.5, 0.6) is 5.75 Å². The van der Waals surface area contributed by atoms with Crippen LogP contribution in [-0.4, -0.2) is 31.4 Å². The summed E-state index contributed by atoms with van der Waals surface area (Å²) in [4.78, 5) is 25.3. The van der Waals surface area contributed by atoms with Gasteiger partial charge in [0.1, 0.15) is 11.5 Å². The monoisotopic (exact) mass is 408 g/mol. The van der Waals surface area contributed by atoms with E-state index in [1.165, 1.54) is 18.2 Å². The maximum absolute atomic E-state index is 11.8. The zero-order valence-corrected chi connectivity index (χ0v) is 18.2. The smallest absolute Gasteiger partial charge is 0.227 e. The molecule has 0 radical (unpaired) electrons. The minimum atomic E-state index is -0.222. The van der Waals surface area contributed by atoms with Gasteiger partial charge in [0.15, 0.2) is 0 Å². The molecule has 1 fully saturated rings. The summed E-state index contributed by atoms with van der Waals surface area (Å²) in [6, 6.07) is 16.8. The van der Waals surface area contributed by atoms with Gasteiger partial charge in [-0.2, -0.15) is 0 Å². The molecule has 0 bridgehead atoms. The number of Topliss-reactive ketones (excluding diaryl/α,β-unsaturated/α-hetero) is 1. The quantitative estimate of drug-likeness (QED) is 0.647. The molecule has 0 aliphatic carbocycles. The van der Waals surface area contributed by atoms with E-state index in [-0.39, 0.29) is 24.2 Å². The number of hydrogen-bond donors (Lipinski definition) is 1. The first kappa shape index (κ1) is 21.9.